The molecule has 4 aliphatic carbocycles. The average Bonchev–Trinajstić information content (AvgIpc) is 3.29. The highest BCUT2D eigenvalue weighted by Gasteiger charge is 2.76. The first-order chi connectivity index (χ1) is 14.7. The van der Waals surface area contributed by atoms with E-state index in [0.29, 0.717) is 22.3 Å². The molecule has 1 spiro atoms. The first-order valence-electron chi connectivity index (χ1n) is 14.0. The van der Waals surface area contributed by atoms with Gasteiger partial charge in [0.2, 0.25) is 0 Å². The molecule has 0 unspecified atom stereocenters. The molecule has 0 amide bonds. The Bertz CT molecular complexity index is 676. The van der Waals surface area contributed by atoms with E-state index >= 15 is 0 Å². The molecule has 0 radical (unpaired) electrons. The average molecular weight is 449 g/mol. The molecule has 178 valence electrons. The number of ether oxygens (including phenoxy) is 1. The Morgan fingerprint density at radius 3 is 2.45 bits per heavy atom. The van der Waals surface area contributed by atoms with Gasteiger partial charge in [-0.15, -0.1) is 11.6 Å². The lowest BCUT2D eigenvalue weighted by Gasteiger charge is -2.59. The van der Waals surface area contributed by atoms with Gasteiger partial charge >= 0.3 is 0 Å². The van der Waals surface area contributed by atoms with Gasteiger partial charge in [-0.3, -0.25) is 0 Å². The van der Waals surface area contributed by atoms with Gasteiger partial charge in [-0.1, -0.05) is 54.4 Å². The van der Waals surface area contributed by atoms with E-state index in [4.69, 9.17) is 16.3 Å². The Hall–Kier alpha value is 0.250. The Morgan fingerprint density at radius 2 is 1.74 bits per heavy atom. The Labute approximate surface area is 197 Å². The van der Waals surface area contributed by atoms with Crippen molar-refractivity contribution in [2.24, 2.45) is 52.3 Å². The smallest absolute Gasteiger partial charge is 0.102 e. The lowest BCUT2D eigenvalue weighted by Crippen LogP contribution is -2.58. The SMILES string of the molecule is CC[C@H](CC[C@@H](C)[C@H]1CC[C@H]2[C@@H]3C[C@@H]4O[C@@]45C[C@@H](Cl)CC[C@]5(C)[C@H]3CC[C@]12C)C(C)C. The number of halogens is 1. The van der Waals surface area contributed by atoms with Gasteiger partial charge in [-0.05, 0) is 105 Å². The minimum absolute atomic E-state index is 0.157. The number of alkyl halides is 1. The van der Waals surface area contributed by atoms with Crippen LogP contribution in [0.5, 0.6) is 0 Å². The maximum atomic E-state index is 6.66. The van der Waals surface area contributed by atoms with Crippen LogP contribution in [0.15, 0.2) is 0 Å². The summed E-state index contributed by atoms with van der Waals surface area (Å²) >= 11 is 6.66. The fraction of sp³-hybridized carbons (Fsp3) is 1.00. The van der Waals surface area contributed by atoms with Crippen LogP contribution in [-0.2, 0) is 4.74 Å². The minimum atomic E-state index is 0.157. The Kier molecular flexibility index (Phi) is 5.86. The summed E-state index contributed by atoms with van der Waals surface area (Å²) in [6, 6.07) is 0. The lowest BCUT2D eigenvalue weighted by atomic mass is 9.44. The third-order valence-electron chi connectivity index (χ3n) is 12.2. The molecule has 0 bridgehead atoms. The second-order valence-corrected chi connectivity index (χ2v) is 14.2. The largest absolute Gasteiger partial charge is 0.365 e. The minimum Gasteiger partial charge on any atom is -0.365 e. The molecule has 5 fully saturated rings. The van der Waals surface area contributed by atoms with Crippen LogP contribution in [0.4, 0.5) is 0 Å². The first-order valence-corrected chi connectivity index (χ1v) is 14.4. The maximum absolute atomic E-state index is 6.66. The molecule has 11 atom stereocenters. The van der Waals surface area contributed by atoms with Gasteiger partial charge in [-0.2, -0.15) is 0 Å². The third kappa shape index (κ3) is 3.32. The monoisotopic (exact) mass is 448 g/mol. The molecule has 2 heteroatoms. The van der Waals surface area contributed by atoms with Crippen molar-refractivity contribution in [1.82, 2.24) is 0 Å². The molecular weight excluding hydrogens is 400 g/mol. The summed E-state index contributed by atoms with van der Waals surface area (Å²) in [5, 5.41) is 0.345. The molecule has 0 aromatic rings. The van der Waals surface area contributed by atoms with Crippen molar-refractivity contribution in [3.05, 3.63) is 0 Å². The number of rotatable bonds is 6. The Morgan fingerprint density at radius 1 is 0.968 bits per heavy atom. The van der Waals surface area contributed by atoms with E-state index in [0.717, 1.165) is 47.8 Å². The molecule has 0 N–H and O–H groups in total. The summed E-state index contributed by atoms with van der Waals surface area (Å²) in [5.41, 5.74) is 1.13. The van der Waals surface area contributed by atoms with Gasteiger partial charge in [0, 0.05) is 10.8 Å². The number of hydrogen-bond donors (Lipinski definition) is 0. The summed E-state index contributed by atoms with van der Waals surface area (Å²) in [6.07, 6.45) is 15.6. The van der Waals surface area contributed by atoms with Crippen molar-refractivity contribution in [2.45, 2.75) is 129 Å². The van der Waals surface area contributed by atoms with Crippen LogP contribution in [0.3, 0.4) is 0 Å². The van der Waals surface area contributed by atoms with Crippen molar-refractivity contribution in [2.75, 3.05) is 0 Å². The number of hydrogen-bond acceptors (Lipinski definition) is 1. The van der Waals surface area contributed by atoms with Gasteiger partial charge < -0.3 is 4.74 Å². The van der Waals surface area contributed by atoms with Crippen molar-refractivity contribution >= 4 is 11.6 Å². The molecule has 4 saturated carbocycles. The quantitative estimate of drug-likeness (QED) is 0.293. The number of fused-ring (bicyclic) bond motifs is 4. The van der Waals surface area contributed by atoms with Crippen molar-refractivity contribution < 1.29 is 4.74 Å². The summed E-state index contributed by atoms with van der Waals surface area (Å²) in [5.74, 6) is 6.32. The van der Waals surface area contributed by atoms with Crippen LogP contribution in [0, 0.1) is 52.3 Å². The van der Waals surface area contributed by atoms with Crippen LogP contribution in [0.2, 0.25) is 0 Å². The van der Waals surface area contributed by atoms with E-state index in [1.54, 1.807) is 0 Å². The van der Waals surface area contributed by atoms with E-state index in [1.807, 2.05) is 0 Å². The zero-order chi connectivity index (χ0) is 22.2. The van der Waals surface area contributed by atoms with Gasteiger partial charge in [0.1, 0.15) is 5.60 Å². The molecule has 1 nitrogen and oxygen atoms in total. The zero-order valence-corrected chi connectivity index (χ0v) is 22.0. The molecule has 1 saturated heterocycles. The predicted molar refractivity (Wildman–Crippen MR) is 131 cm³/mol. The topological polar surface area (TPSA) is 12.5 Å². The van der Waals surface area contributed by atoms with Gasteiger partial charge in [-0.25, -0.2) is 0 Å². The van der Waals surface area contributed by atoms with Crippen molar-refractivity contribution in [1.29, 1.82) is 0 Å². The molecule has 0 aromatic carbocycles. The molecule has 1 heterocycles. The van der Waals surface area contributed by atoms with E-state index in [-0.39, 0.29) is 5.60 Å². The number of epoxide rings is 1. The molecule has 31 heavy (non-hydrogen) atoms. The molecule has 5 aliphatic rings. The van der Waals surface area contributed by atoms with E-state index < -0.39 is 0 Å². The highest BCUT2D eigenvalue weighted by atomic mass is 35.5. The molecule has 1 aliphatic heterocycles. The normalized spacial score (nSPS) is 52.6. The van der Waals surface area contributed by atoms with Crippen LogP contribution < -0.4 is 0 Å². The molecule has 5 rings (SSSR count). The maximum Gasteiger partial charge on any atom is 0.102 e. The fourth-order valence-corrected chi connectivity index (χ4v) is 10.6. The van der Waals surface area contributed by atoms with Crippen molar-refractivity contribution in [3.63, 3.8) is 0 Å². The summed E-state index contributed by atoms with van der Waals surface area (Å²) in [7, 11) is 0. The summed E-state index contributed by atoms with van der Waals surface area (Å²) < 4.78 is 6.61. The summed E-state index contributed by atoms with van der Waals surface area (Å²) in [6.45, 7) is 15.2. The lowest BCUT2D eigenvalue weighted by molar-refractivity contribution is -0.0997. The Balaban J connectivity index is 1.31. The van der Waals surface area contributed by atoms with Gasteiger partial charge in [0.25, 0.3) is 0 Å². The molecular formula is C29H49ClO. The summed E-state index contributed by atoms with van der Waals surface area (Å²) in [4.78, 5) is 0. The highest BCUT2D eigenvalue weighted by Crippen LogP contribution is 2.74. The van der Waals surface area contributed by atoms with Gasteiger partial charge in [0.15, 0.2) is 0 Å². The first kappa shape index (κ1) is 23.0. The molecule has 0 aromatic heterocycles. The predicted octanol–water partition coefficient (Wildman–Crippen LogP) is 8.48. The van der Waals surface area contributed by atoms with Crippen LogP contribution >= 0.6 is 11.6 Å². The highest BCUT2D eigenvalue weighted by molar-refractivity contribution is 6.20. The standard InChI is InChI=1S/C29H49ClO/c1-7-20(18(2)3)9-8-19(4)23-10-11-24-22-16-26-29(31-26)17-21(30)12-15-28(29,6)25(22)13-14-27(23,24)5/h18-26H,7-17H2,1-6H3/t19-,20-,21+,22+,23-,24+,25+,26+,27-,28-,29+/m1/s1. The van der Waals surface area contributed by atoms with Crippen LogP contribution in [0.25, 0.3) is 0 Å². The van der Waals surface area contributed by atoms with E-state index in [9.17, 15) is 0 Å². The van der Waals surface area contributed by atoms with Crippen LogP contribution in [0.1, 0.15) is 112 Å². The van der Waals surface area contributed by atoms with E-state index in [1.165, 1.54) is 64.2 Å². The van der Waals surface area contributed by atoms with Crippen molar-refractivity contribution in [3.8, 4) is 0 Å². The fourth-order valence-electron chi connectivity index (χ4n) is 10.3. The van der Waals surface area contributed by atoms with Gasteiger partial charge in [0.05, 0.1) is 6.10 Å². The third-order valence-corrected chi connectivity index (χ3v) is 12.6. The van der Waals surface area contributed by atoms with Crippen LogP contribution in [-0.4, -0.2) is 17.1 Å². The van der Waals surface area contributed by atoms with E-state index in [2.05, 4.69) is 41.5 Å². The second-order valence-electron chi connectivity index (χ2n) is 13.6. The second kappa shape index (κ2) is 7.90. The zero-order valence-electron chi connectivity index (χ0n) is 21.3.